The summed E-state index contributed by atoms with van der Waals surface area (Å²) in [5, 5.41) is 12.1. The van der Waals surface area contributed by atoms with E-state index in [0.29, 0.717) is 24.8 Å². The molecule has 16 heavy (non-hydrogen) atoms. The molecule has 0 aromatic carbocycles. The molecule has 1 aliphatic carbocycles. The van der Waals surface area contributed by atoms with Gasteiger partial charge in [0.25, 0.3) is 5.56 Å². The Balaban J connectivity index is 2.03. The maximum atomic E-state index is 11.9. The van der Waals surface area contributed by atoms with Crippen LogP contribution in [-0.2, 0) is 0 Å². The molecule has 5 heteroatoms. The average Bonchev–Trinajstić information content (AvgIpc) is 3.04. The zero-order valence-electron chi connectivity index (χ0n) is 9.39. The molecule has 1 aliphatic rings. The lowest BCUT2D eigenvalue weighted by Gasteiger charge is -2.08. The number of aromatic nitrogens is 2. The van der Waals surface area contributed by atoms with Gasteiger partial charge in [-0.2, -0.15) is 0 Å². The van der Waals surface area contributed by atoms with E-state index in [0.717, 1.165) is 12.8 Å². The molecule has 0 amide bonds. The van der Waals surface area contributed by atoms with Gasteiger partial charge in [-0.05, 0) is 26.2 Å². The molecule has 88 valence electrons. The molecule has 1 saturated carbocycles. The molecule has 1 unspecified atom stereocenters. The number of nitrogens with zero attached hydrogens (tertiary/aromatic N) is 2. The highest BCUT2D eigenvalue weighted by Crippen LogP contribution is 2.33. The molecular formula is C11H17N3O2. The highest BCUT2D eigenvalue weighted by Gasteiger charge is 2.25. The zero-order valence-corrected chi connectivity index (χ0v) is 9.39. The second-order valence-electron chi connectivity index (χ2n) is 4.28. The van der Waals surface area contributed by atoms with E-state index in [9.17, 15) is 4.79 Å². The van der Waals surface area contributed by atoms with Crippen molar-refractivity contribution in [1.29, 1.82) is 0 Å². The summed E-state index contributed by atoms with van der Waals surface area (Å²) in [6.07, 6.45) is 5.79. The van der Waals surface area contributed by atoms with Gasteiger partial charge >= 0.3 is 0 Å². The maximum absolute atomic E-state index is 11.9. The van der Waals surface area contributed by atoms with Gasteiger partial charge in [-0.25, -0.2) is 4.98 Å². The first-order chi connectivity index (χ1) is 7.68. The van der Waals surface area contributed by atoms with E-state index in [2.05, 4.69) is 10.3 Å². The van der Waals surface area contributed by atoms with E-state index in [1.807, 2.05) is 0 Å². The van der Waals surface area contributed by atoms with E-state index in [1.54, 1.807) is 23.9 Å². The van der Waals surface area contributed by atoms with E-state index in [1.165, 1.54) is 0 Å². The number of hydrogen-bond acceptors (Lipinski definition) is 4. The molecule has 0 bridgehead atoms. The monoisotopic (exact) mass is 223 g/mol. The van der Waals surface area contributed by atoms with Gasteiger partial charge < -0.3 is 15.0 Å². The summed E-state index contributed by atoms with van der Waals surface area (Å²) >= 11 is 0. The number of aliphatic hydroxyl groups excluding tert-OH is 1. The number of nitrogens with one attached hydrogen (secondary N) is 1. The summed E-state index contributed by atoms with van der Waals surface area (Å²) in [6.45, 7) is 2.29. The smallest absolute Gasteiger partial charge is 0.293 e. The fraction of sp³-hybridized carbons (Fsp3) is 0.636. The Hall–Kier alpha value is -1.36. The second kappa shape index (κ2) is 4.65. The van der Waals surface area contributed by atoms with Crippen LogP contribution in [0.15, 0.2) is 17.2 Å². The predicted molar refractivity (Wildman–Crippen MR) is 61.6 cm³/mol. The van der Waals surface area contributed by atoms with Crippen molar-refractivity contribution in [3.63, 3.8) is 0 Å². The highest BCUT2D eigenvalue weighted by atomic mass is 16.3. The molecule has 1 aromatic rings. The number of rotatable bonds is 5. The lowest BCUT2D eigenvalue weighted by Crippen LogP contribution is -2.24. The van der Waals surface area contributed by atoms with Crippen LogP contribution in [0.4, 0.5) is 5.82 Å². The second-order valence-corrected chi connectivity index (χ2v) is 4.28. The predicted octanol–water partition coefficient (Wildman–Crippen LogP) is 0.761. The first-order valence-electron chi connectivity index (χ1n) is 5.67. The van der Waals surface area contributed by atoms with Crippen molar-refractivity contribution in [2.24, 2.45) is 0 Å². The van der Waals surface area contributed by atoms with Crippen LogP contribution in [0.5, 0.6) is 0 Å². The molecular weight excluding hydrogens is 206 g/mol. The number of hydrogen-bond donors (Lipinski definition) is 2. The van der Waals surface area contributed by atoms with Crippen LogP contribution in [0, 0.1) is 0 Å². The molecule has 2 N–H and O–H groups in total. The van der Waals surface area contributed by atoms with E-state index in [-0.39, 0.29) is 11.7 Å². The van der Waals surface area contributed by atoms with Crippen LogP contribution in [0.25, 0.3) is 0 Å². The SMILES string of the molecule is CC(O)CCNc1nccn(C2CC2)c1=O. The van der Waals surface area contributed by atoms with Crippen molar-refractivity contribution in [3.05, 3.63) is 22.7 Å². The number of aliphatic hydroxyl groups is 1. The van der Waals surface area contributed by atoms with Gasteiger partial charge in [0, 0.05) is 25.0 Å². The topological polar surface area (TPSA) is 67.2 Å². The van der Waals surface area contributed by atoms with E-state index in [4.69, 9.17) is 5.11 Å². The van der Waals surface area contributed by atoms with Crippen LogP contribution in [0.3, 0.4) is 0 Å². The normalized spacial score (nSPS) is 17.1. The Morgan fingerprint density at radius 3 is 3.06 bits per heavy atom. The minimum atomic E-state index is -0.359. The molecule has 1 aromatic heterocycles. The summed E-state index contributed by atoms with van der Waals surface area (Å²) in [6, 6.07) is 0.368. The maximum Gasteiger partial charge on any atom is 0.293 e. The fourth-order valence-electron chi connectivity index (χ4n) is 1.59. The minimum Gasteiger partial charge on any atom is -0.393 e. The largest absolute Gasteiger partial charge is 0.393 e. The Kier molecular flexibility index (Phi) is 3.24. The lowest BCUT2D eigenvalue weighted by molar-refractivity contribution is 0.188. The molecule has 0 spiro atoms. The summed E-state index contributed by atoms with van der Waals surface area (Å²) in [7, 11) is 0. The van der Waals surface area contributed by atoms with Crippen molar-refractivity contribution in [3.8, 4) is 0 Å². The highest BCUT2D eigenvalue weighted by molar-refractivity contribution is 5.31. The standard InChI is InChI=1S/C11H17N3O2/c1-8(15)4-5-12-10-11(16)14(7-6-13-10)9-2-3-9/h6-9,15H,2-5H2,1H3,(H,12,13). The third-order valence-corrected chi connectivity index (χ3v) is 2.66. The van der Waals surface area contributed by atoms with Gasteiger partial charge in [-0.15, -0.1) is 0 Å². The zero-order chi connectivity index (χ0) is 11.5. The quantitative estimate of drug-likeness (QED) is 0.773. The van der Waals surface area contributed by atoms with Gasteiger partial charge in [-0.1, -0.05) is 0 Å². The third-order valence-electron chi connectivity index (χ3n) is 2.66. The van der Waals surface area contributed by atoms with Crippen LogP contribution in [0.2, 0.25) is 0 Å². The van der Waals surface area contributed by atoms with Crippen LogP contribution < -0.4 is 10.9 Å². The Bertz CT molecular complexity index is 410. The van der Waals surface area contributed by atoms with Crippen molar-refractivity contribution in [2.45, 2.75) is 38.3 Å². The summed E-state index contributed by atoms with van der Waals surface area (Å²) in [5.41, 5.74) is -0.0596. The minimum absolute atomic E-state index is 0.0596. The van der Waals surface area contributed by atoms with E-state index < -0.39 is 0 Å². The van der Waals surface area contributed by atoms with Gasteiger partial charge in [0.05, 0.1) is 6.10 Å². The van der Waals surface area contributed by atoms with Gasteiger partial charge in [-0.3, -0.25) is 4.79 Å². The first-order valence-corrected chi connectivity index (χ1v) is 5.67. The molecule has 0 saturated heterocycles. The Labute approximate surface area is 94.1 Å². The molecule has 1 fully saturated rings. The van der Waals surface area contributed by atoms with Gasteiger partial charge in [0.1, 0.15) is 0 Å². The molecule has 2 rings (SSSR count). The van der Waals surface area contributed by atoms with Crippen LogP contribution >= 0.6 is 0 Å². The Morgan fingerprint density at radius 1 is 1.69 bits per heavy atom. The van der Waals surface area contributed by atoms with Gasteiger partial charge in [0.15, 0.2) is 5.82 Å². The summed E-state index contributed by atoms with van der Waals surface area (Å²) < 4.78 is 1.73. The van der Waals surface area contributed by atoms with Crippen LogP contribution in [-0.4, -0.2) is 27.3 Å². The summed E-state index contributed by atoms with van der Waals surface area (Å²) in [5.74, 6) is 0.384. The van der Waals surface area contributed by atoms with Crippen molar-refractivity contribution in [2.75, 3.05) is 11.9 Å². The van der Waals surface area contributed by atoms with Crippen molar-refractivity contribution < 1.29 is 5.11 Å². The first kappa shape index (κ1) is 11.1. The average molecular weight is 223 g/mol. The molecule has 5 nitrogen and oxygen atoms in total. The van der Waals surface area contributed by atoms with Crippen LogP contribution in [0.1, 0.15) is 32.2 Å². The molecule has 0 radical (unpaired) electrons. The molecule has 1 heterocycles. The molecule has 0 aliphatic heterocycles. The Morgan fingerprint density at radius 2 is 2.44 bits per heavy atom. The summed E-state index contributed by atoms with van der Waals surface area (Å²) in [4.78, 5) is 15.9. The van der Waals surface area contributed by atoms with Crippen molar-refractivity contribution in [1.82, 2.24) is 9.55 Å². The fourth-order valence-corrected chi connectivity index (χ4v) is 1.59. The number of anilines is 1. The third kappa shape index (κ3) is 2.61. The van der Waals surface area contributed by atoms with Crippen molar-refractivity contribution >= 4 is 5.82 Å². The molecule has 1 atom stereocenters. The lowest BCUT2D eigenvalue weighted by atomic mass is 10.3. The van der Waals surface area contributed by atoms with Gasteiger partial charge in [0.2, 0.25) is 0 Å². The van der Waals surface area contributed by atoms with E-state index >= 15 is 0 Å².